The summed E-state index contributed by atoms with van der Waals surface area (Å²) < 4.78 is 9.83. The SMILES string of the molecule is CCOC(=O)C1(ONC(=O)OC(C)(C)C)CCCC1=O. The lowest BCUT2D eigenvalue weighted by atomic mass is 10.0. The zero-order valence-electron chi connectivity index (χ0n) is 12.3. The summed E-state index contributed by atoms with van der Waals surface area (Å²) in [6, 6.07) is 0. The van der Waals surface area contributed by atoms with Crippen molar-refractivity contribution in [2.24, 2.45) is 0 Å². The monoisotopic (exact) mass is 287 g/mol. The molecule has 1 N–H and O–H groups in total. The van der Waals surface area contributed by atoms with Crippen LogP contribution in [0, 0.1) is 0 Å². The van der Waals surface area contributed by atoms with Gasteiger partial charge in [-0.25, -0.2) is 14.4 Å². The van der Waals surface area contributed by atoms with Gasteiger partial charge in [0.25, 0.3) is 0 Å². The first-order chi connectivity index (χ1) is 9.21. The Bertz CT molecular complexity index is 400. The van der Waals surface area contributed by atoms with Crippen molar-refractivity contribution < 1.29 is 28.7 Å². The highest BCUT2D eigenvalue weighted by molar-refractivity contribution is 6.08. The van der Waals surface area contributed by atoms with Gasteiger partial charge in [0.15, 0.2) is 5.78 Å². The smallest absolute Gasteiger partial charge is 0.431 e. The fourth-order valence-electron chi connectivity index (χ4n) is 1.88. The van der Waals surface area contributed by atoms with Gasteiger partial charge in [0.05, 0.1) is 6.61 Å². The quantitative estimate of drug-likeness (QED) is 0.478. The van der Waals surface area contributed by atoms with Crippen LogP contribution in [0.4, 0.5) is 4.79 Å². The van der Waals surface area contributed by atoms with E-state index in [1.165, 1.54) is 0 Å². The Morgan fingerprint density at radius 2 is 2.00 bits per heavy atom. The number of hydrogen-bond donors (Lipinski definition) is 1. The van der Waals surface area contributed by atoms with E-state index in [0.717, 1.165) is 0 Å². The van der Waals surface area contributed by atoms with E-state index in [4.69, 9.17) is 14.3 Å². The molecule has 0 aromatic heterocycles. The van der Waals surface area contributed by atoms with Gasteiger partial charge in [-0.15, -0.1) is 0 Å². The second-order valence-corrected chi connectivity index (χ2v) is 5.53. The number of ether oxygens (including phenoxy) is 2. The summed E-state index contributed by atoms with van der Waals surface area (Å²) in [4.78, 5) is 40.4. The maximum Gasteiger partial charge on any atom is 0.431 e. The number of nitrogens with one attached hydrogen (secondary N) is 1. The Morgan fingerprint density at radius 1 is 1.35 bits per heavy atom. The summed E-state index contributed by atoms with van der Waals surface area (Å²) in [6.45, 7) is 6.83. The Morgan fingerprint density at radius 3 is 2.45 bits per heavy atom. The Kier molecular flexibility index (Phi) is 5.10. The molecular weight excluding hydrogens is 266 g/mol. The molecule has 1 aliphatic rings. The van der Waals surface area contributed by atoms with Crippen molar-refractivity contribution in [1.82, 2.24) is 5.48 Å². The zero-order valence-corrected chi connectivity index (χ0v) is 12.3. The lowest BCUT2D eigenvalue weighted by Crippen LogP contribution is -2.51. The minimum absolute atomic E-state index is 0.129. The number of hydrogen-bond acceptors (Lipinski definition) is 6. The fourth-order valence-corrected chi connectivity index (χ4v) is 1.88. The molecule has 0 bridgehead atoms. The van der Waals surface area contributed by atoms with Gasteiger partial charge in [0.2, 0.25) is 5.60 Å². The number of rotatable bonds is 4. The molecule has 0 spiro atoms. The van der Waals surface area contributed by atoms with Crippen molar-refractivity contribution in [3.63, 3.8) is 0 Å². The molecule has 114 valence electrons. The van der Waals surface area contributed by atoms with Crippen molar-refractivity contribution in [3.05, 3.63) is 0 Å². The second kappa shape index (κ2) is 6.21. The van der Waals surface area contributed by atoms with Crippen LogP contribution in [-0.2, 0) is 23.9 Å². The van der Waals surface area contributed by atoms with Gasteiger partial charge < -0.3 is 9.47 Å². The van der Waals surface area contributed by atoms with Crippen molar-refractivity contribution in [2.75, 3.05) is 6.61 Å². The summed E-state index contributed by atoms with van der Waals surface area (Å²) in [5.74, 6) is -1.18. The molecule has 1 aliphatic carbocycles. The van der Waals surface area contributed by atoms with Gasteiger partial charge >= 0.3 is 12.1 Å². The molecule has 1 atom stereocenters. The van der Waals surface area contributed by atoms with Gasteiger partial charge in [-0.05, 0) is 40.5 Å². The molecule has 7 heteroatoms. The van der Waals surface area contributed by atoms with E-state index < -0.39 is 29.0 Å². The second-order valence-electron chi connectivity index (χ2n) is 5.53. The number of carbonyl (C=O) groups is 3. The van der Waals surface area contributed by atoms with Crippen LogP contribution in [0.2, 0.25) is 0 Å². The van der Waals surface area contributed by atoms with Crippen LogP contribution in [0.25, 0.3) is 0 Å². The van der Waals surface area contributed by atoms with Crippen molar-refractivity contribution in [1.29, 1.82) is 0 Å². The third-order valence-electron chi connectivity index (χ3n) is 2.70. The lowest BCUT2D eigenvalue weighted by molar-refractivity contribution is -0.183. The van der Waals surface area contributed by atoms with Crippen LogP contribution in [-0.4, -0.2) is 35.7 Å². The first-order valence-corrected chi connectivity index (χ1v) is 6.59. The van der Waals surface area contributed by atoms with Crippen LogP contribution >= 0.6 is 0 Å². The number of amides is 1. The molecule has 0 aromatic carbocycles. The predicted molar refractivity (Wildman–Crippen MR) is 68.7 cm³/mol. The summed E-state index contributed by atoms with van der Waals surface area (Å²) >= 11 is 0. The average molecular weight is 287 g/mol. The summed E-state index contributed by atoms with van der Waals surface area (Å²) in [6.07, 6.45) is 0.0454. The summed E-state index contributed by atoms with van der Waals surface area (Å²) in [5.41, 5.74) is -0.438. The van der Waals surface area contributed by atoms with Gasteiger partial charge in [0.1, 0.15) is 5.60 Å². The molecule has 20 heavy (non-hydrogen) atoms. The largest absolute Gasteiger partial charge is 0.463 e. The summed E-state index contributed by atoms with van der Waals surface area (Å²) in [5, 5.41) is 0. The van der Waals surface area contributed by atoms with Crippen LogP contribution < -0.4 is 5.48 Å². The number of ketones is 1. The molecule has 0 saturated heterocycles. The molecule has 1 unspecified atom stereocenters. The van der Waals surface area contributed by atoms with E-state index in [9.17, 15) is 14.4 Å². The molecule has 1 rings (SSSR count). The first-order valence-electron chi connectivity index (χ1n) is 6.59. The Labute approximate surface area is 117 Å². The molecular formula is C13H21NO6. The predicted octanol–water partition coefficient (Wildman–Crippen LogP) is 1.50. The summed E-state index contributed by atoms with van der Waals surface area (Å²) in [7, 11) is 0. The first kappa shape index (κ1) is 16.4. The number of carbonyl (C=O) groups excluding carboxylic acids is 3. The van der Waals surface area contributed by atoms with Crippen molar-refractivity contribution in [2.45, 2.75) is 58.2 Å². The van der Waals surface area contributed by atoms with Crippen molar-refractivity contribution in [3.8, 4) is 0 Å². The minimum atomic E-state index is -1.74. The van der Waals surface area contributed by atoms with Gasteiger partial charge in [-0.1, -0.05) is 0 Å². The molecule has 1 fully saturated rings. The fraction of sp³-hybridized carbons (Fsp3) is 0.769. The number of esters is 1. The maximum atomic E-state index is 11.9. The maximum absolute atomic E-state index is 11.9. The van der Waals surface area contributed by atoms with Crippen LogP contribution in [0.3, 0.4) is 0 Å². The molecule has 0 aromatic rings. The van der Waals surface area contributed by atoms with E-state index in [-0.39, 0.29) is 19.4 Å². The van der Waals surface area contributed by atoms with Gasteiger partial charge in [-0.2, -0.15) is 5.48 Å². The lowest BCUT2D eigenvalue weighted by Gasteiger charge is -2.26. The standard InChI is InChI=1S/C13H21NO6/c1-5-18-10(16)13(8-6-7-9(13)15)20-14-11(17)19-12(2,3)4/h5-8H2,1-4H3,(H,14,17). The molecule has 0 heterocycles. The van der Waals surface area contributed by atoms with Crippen molar-refractivity contribution >= 4 is 17.8 Å². The van der Waals surface area contributed by atoms with E-state index >= 15 is 0 Å². The molecule has 0 radical (unpaired) electrons. The Hall–Kier alpha value is -1.63. The van der Waals surface area contributed by atoms with E-state index in [0.29, 0.717) is 6.42 Å². The number of Topliss-reactive ketones (excluding diaryl/α,β-unsaturated/α-hetero) is 1. The average Bonchev–Trinajstić information content (AvgIpc) is 2.67. The molecule has 0 aliphatic heterocycles. The Balaban J connectivity index is 2.70. The molecule has 1 saturated carbocycles. The van der Waals surface area contributed by atoms with Crippen LogP contribution in [0.1, 0.15) is 47.0 Å². The normalized spacial score (nSPS) is 22.5. The zero-order chi connectivity index (χ0) is 15.4. The topological polar surface area (TPSA) is 90.9 Å². The van der Waals surface area contributed by atoms with Gasteiger partial charge in [0, 0.05) is 6.42 Å². The van der Waals surface area contributed by atoms with E-state index in [2.05, 4.69) is 0 Å². The van der Waals surface area contributed by atoms with Gasteiger partial charge in [-0.3, -0.25) is 4.79 Å². The molecule has 7 nitrogen and oxygen atoms in total. The van der Waals surface area contributed by atoms with Crippen LogP contribution in [0.15, 0.2) is 0 Å². The van der Waals surface area contributed by atoms with E-state index in [1.807, 2.05) is 5.48 Å². The third kappa shape index (κ3) is 3.93. The van der Waals surface area contributed by atoms with Crippen LogP contribution in [0.5, 0.6) is 0 Å². The third-order valence-corrected chi connectivity index (χ3v) is 2.70. The highest BCUT2D eigenvalue weighted by Gasteiger charge is 2.52. The minimum Gasteiger partial charge on any atom is -0.463 e. The molecule has 1 amide bonds. The highest BCUT2D eigenvalue weighted by atomic mass is 16.7. The highest BCUT2D eigenvalue weighted by Crippen LogP contribution is 2.30. The van der Waals surface area contributed by atoms with E-state index in [1.54, 1.807) is 27.7 Å². The number of hydroxylamine groups is 1.